The van der Waals surface area contributed by atoms with Gasteiger partial charge in [0.15, 0.2) is 0 Å². The van der Waals surface area contributed by atoms with E-state index in [-0.39, 0.29) is 36.8 Å². The van der Waals surface area contributed by atoms with Gasteiger partial charge in [-0.3, -0.25) is 9.59 Å². The lowest BCUT2D eigenvalue weighted by Gasteiger charge is -2.19. The highest BCUT2D eigenvalue weighted by molar-refractivity contribution is 5.96. The number of nitrogens with two attached hydrogens (primary N) is 1. The summed E-state index contributed by atoms with van der Waals surface area (Å²) >= 11 is 0. The maximum absolute atomic E-state index is 12.3. The van der Waals surface area contributed by atoms with Crippen LogP contribution in [0, 0.1) is 11.8 Å². The SMILES string of the molecule is CCOc1ccc(C(=O)NCC(=O)N2CC3CCC(N)C3C2)cc1.Cl. The Labute approximate surface area is 154 Å². The standard InChI is InChI=1S/C18H25N3O3.ClH/c1-2-24-14-6-3-12(4-7-14)18(23)20-9-17(22)21-10-13-5-8-16(19)15(13)11-21;/h3-4,6-7,13,15-16H,2,5,8-11,19H2,1H3,(H,20,23);1H. The summed E-state index contributed by atoms with van der Waals surface area (Å²) in [6, 6.07) is 7.12. The van der Waals surface area contributed by atoms with Crippen molar-refractivity contribution in [3.05, 3.63) is 29.8 Å². The lowest BCUT2D eigenvalue weighted by molar-refractivity contribution is -0.129. The predicted octanol–water partition coefficient (Wildman–Crippen LogP) is 1.43. The lowest BCUT2D eigenvalue weighted by Crippen LogP contribution is -2.40. The molecule has 1 aliphatic heterocycles. The predicted molar refractivity (Wildman–Crippen MR) is 98.0 cm³/mol. The number of rotatable bonds is 5. The van der Waals surface area contributed by atoms with Crippen molar-refractivity contribution in [2.75, 3.05) is 26.2 Å². The lowest BCUT2D eigenvalue weighted by atomic mass is 9.98. The number of likely N-dealkylation sites (tertiary alicyclic amines) is 1. The van der Waals surface area contributed by atoms with Gasteiger partial charge in [-0.2, -0.15) is 0 Å². The number of ether oxygens (including phenoxy) is 1. The van der Waals surface area contributed by atoms with E-state index >= 15 is 0 Å². The van der Waals surface area contributed by atoms with Gasteiger partial charge in [-0.1, -0.05) is 0 Å². The molecule has 1 aliphatic carbocycles. The molecule has 3 N–H and O–H groups in total. The van der Waals surface area contributed by atoms with Gasteiger partial charge < -0.3 is 20.7 Å². The third-order valence-electron chi connectivity index (χ3n) is 5.09. The van der Waals surface area contributed by atoms with Crippen LogP contribution >= 0.6 is 12.4 Å². The maximum atomic E-state index is 12.3. The molecule has 1 aromatic rings. The van der Waals surface area contributed by atoms with Crippen LogP contribution in [0.1, 0.15) is 30.1 Å². The highest BCUT2D eigenvalue weighted by Gasteiger charge is 2.42. The number of fused-ring (bicyclic) bond motifs is 1. The Kier molecular flexibility index (Phi) is 6.67. The Bertz CT molecular complexity index is 608. The highest BCUT2D eigenvalue weighted by atomic mass is 35.5. The van der Waals surface area contributed by atoms with Gasteiger partial charge in [0, 0.05) is 24.7 Å². The minimum Gasteiger partial charge on any atom is -0.494 e. The molecule has 2 fully saturated rings. The average Bonchev–Trinajstić information content (AvgIpc) is 3.16. The summed E-state index contributed by atoms with van der Waals surface area (Å²) in [6.45, 7) is 4.02. The van der Waals surface area contributed by atoms with Gasteiger partial charge in [-0.05, 0) is 55.9 Å². The second kappa shape index (κ2) is 8.54. The number of halogens is 1. The monoisotopic (exact) mass is 367 g/mol. The van der Waals surface area contributed by atoms with Crippen LogP contribution in [0.15, 0.2) is 24.3 Å². The minimum atomic E-state index is -0.248. The number of hydrogen-bond acceptors (Lipinski definition) is 4. The van der Waals surface area contributed by atoms with E-state index in [0.717, 1.165) is 31.7 Å². The second-order valence-electron chi connectivity index (χ2n) is 6.60. The van der Waals surface area contributed by atoms with Crippen LogP contribution in [-0.2, 0) is 4.79 Å². The smallest absolute Gasteiger partial charge is 0.251 e. The molecule has 1 aromatic carbocycles. The number of carbonyl (C=O) groups excluding carboxylic acids is 2. The number of nitrogens with zero attached hydrogens (tertiary/aromatic N) is 1. The third-order valence-corrected chi connectivity index (χ3v) is 5.09. The average molecular weight is 368 g/mol. The summed E-state index contributed by atoms with van der Waals surface area (Å²) in [6.07, 6.45) is 2.17. The molecule has 2 aliphatic rings. The maximum Gasteiger partial charge on any atom is 0.251 e. The fraction of sp³-hybridized carbons (Fsp3) is 0.556. The van der Waals surface area contributed by atoms with Crippen molar-refractivity contribution in [2.45, 2.75) is 25.8 Å². The number of nitrogens with one attached hydrogen (secondary N) is 1. The fourth-order valence-electron chi connectivity index (χ4n) is 3.75. The molecule has 3 unspecified atom stereocenters. The fourth-order valence-corrected chi connectivity index (χ4v) is 3.75. The number of benzene rings is 1. The Balaban J connectivity index is 0.00000225. The van der Waals surface area contributed by atoms with Crippen LogP contribution in [0.3, 0.4) is 0 Å². The summed E-state index contributed by atoms with van der Waals surface area (Å²) in [5.74, 6) is 1.41. The third kappa shape index (κ3) is 4.44. The van der Waals surface area contributed by atoms with Crippen molar-refractivity contribution in [2.24, 2.45) is 17.6 Å². The summed E-state index contributed by atoms with van der Waals surface area (Å²) in [5.41, 5.74) is 6.62. The first-order valence-corrected chi connectivity index (χ1v) is 8.63. The van der Waals surface area contributed by atoms with E-state index in [0.29, 0.717) is 24.0 Å². The molecule has 1 saturated carbocycles. The van der Waals surface area contributed by atoms with Crippen LogP contribution in [0.4, 0.5) is 0 Å². The molecule has 0 radical (unpaired) electrons. The molecule has 1 heterocycles. The van der Waals surface area contributed by atoms with Gasteiger partial charge in [0.25, 0.3) is 5.91 Å². The van der Waals surface area contributed by atoms with Crippen molar-refractivity contribution in [1.29, 1.82) is 0 Å². The zero-order valence-electron chi connectivity index (χ0n) is 14.4. The van der Waals surface area contributed by atoms with E-state index in [1.165, 1.54) is 0 Å². The Morgan fingerprint density at radius 2 is 1.96 bits per heavy atom. The molecule has 3 rings (SSSR count). The molecule has 2 amide bonds. The summed E-state index contributed by atoms with van der Waals surface area (Å²) in [5, 5.41) is 2.70. The highest BCUT2D eigenvalue weighted by Crippen LogP contribution is 2.36. The zero-order valence-corrected chi connectivity index (χ0v) is 15.3. The van der Waals surface area contributed by atoms with Gasteiger partial charge >= 0.3 is 0 Å². The van der Waals surface area contributed by atoms with Crippen LogP contribution in [0.5, 0.6) is 5.75 Å². The van der Waals surface area contributed by atoms with Gasteiger partial charge in [0.2, 0.25) is 5.91 Å². The first kappa shape index (κ1) is 19.5. The van der Waals surface area contributed by atoms with Crippen LogP contribution < -0.4 is 15.8 Å². The largest absolute Gasteiger partial charge is 0.494 e. The molecule has 1 saturated heterocycles. The van der Waals surface area contributed by atoms with Crippen LogP contribution in [0.25, 0.3) is 0 Å². The molecule has 25 heavy (non-hydrogen) atoms. The van der Waals surface area contributed by atoms with Crippen molar-refractivity contribution in [3.63, 3.8) is 0 Å². The minimum absolute atomic E-state index is 0. The first-order chi connectivity index (χ1) is 11.6. The van der Waals surface area contributed by atoms with E-state index in [4.69, 9.17) is 10.5 Å². The van der Waals surface area contributed by atoms with Crippen molar-refractivity contribution in [1.82, 2.24) is 10.2 Å². The quantitative estimate of drug-likeness (QED) is 0.824. The zero-order chi connectivity index (χ0) is 17.1. The summed E-state index contributed by atoms with van der Waals surface area (Å²) < 4.78 is 5.35. The molecule has 138 valence electrons. The van der Waals surface area contributed by atoms with E-state index in [2.05, 4.69) is 5.32 Å². The molecule has 0 spiro atoms. The van der Waals surface area contributed by atoms with Crippen LogP contribution in [-0.4, -0.2) is 49.0 Å². The van der Waals surface area contributed by atoms with Gasteiger partial charge in [-0.25, -0.2) is 0 Å². The number of hydrogen-bond donors (Lipinski definition) is 2. The summed E-state index contributed by atoms with van der Waals surface area (Å²) in [4.78, 5) is 26.3. The Hall–Kier alpha value is -1.79. The van der Waals surface area contributed by atoms with Gasteiger partial charge in [0.1, 0.15) is 5.75 Å². The number of amides is 2. The molecule has 0 aromatic heterocycles. The second-order valence-corrected chi connectivity index (χ2v) is 6.60. The van der Waals surface area contributed by atoms with E-state index < -0.39 is 0 Å². The van der Waals surface area contributed by atoms with E-state index in [1.54, 1.807) is 24.3 Å². The molecular formula is C18H26ClN3O3. The van der Waals surface area contributed by atoms with Gasteiger partial charge in [0.05, 0.1) is 13.2 Å². The van der Waals surface area contributed by atoms with Gasteiger partial charge in [-0.15, -0.1) is 12.4 Å². The molecule has 0 bridgehead atoms. The molecular weight excluding hydrogens is 342 g/mol. The van der Waals surface area contributed by atoms with Crippen molar-refractivity contribution < 1.29 is 14.3 Å². The normalized spacial score (nSPS) is 24.4. The van der Waals surface area contributed by atoms with Crippen LogP contribution in [0.2, 0.25) is 0 Å². The van der Waals surface area contributed by atoms with Crippen molar-refractivity contribution in [3.8, 4) is 5.75 Å². The number of carbonyl (C=O) groups is 2. The molecule has 3 atom stereocenters. The molecule has 7 heteroatoms. The van der Waals surface area contributed by atoms with E-state index in [9.17, 15) is 9.59 Å². The van der Waals surface area contributed by atoms with Crippen molar-refractivity contribution >= 4 is 24.2 Å². The topological polar surface area (TPSA) is 84.7 Å². The molecule has 6 nitrogen and oxygen atoms in total. The first-order valence-electron chi connectivity index (χ1n) is 8.63. The Morgan fingerprint density at radius 1 is 1.24 bits per heavy atom. The van der Waals surface area contributed by atoms with E-state index in [1.807, 2.05) is 11.8 Å². The summed E-state index contributed by atoms with van der Waals surface area (Å²) in [7, 11) is 0. The Morgan fingerprint density at radius 3 is 2.60 bits per heavy atom.